The molecule has 0 aliphatic carbocycles. The van der Waals surface area contributed by atoms with Gasteiger partial charge in [-0.2, -0.15) is 0 Å². The summed E-state index contributed by atoms with van der Waals surface area (Å²) in [7, 11) is 0. The SMILES string of the molecule is C[C@@H](CNC(=O)[C@@H]1OC(C)(C)OCC1(C)C)CC(=O)c1cc(F)c(F)cc1F. The third-order valence-corrected chi connectivity index (χ3v) is 4.61. The van der Waals surface area contributed by atoms with Gasteiger partial charge in [0.05, 0.1) is 12.2 Å². The number of carbonyl (C=O) groups is 2. The molecule has 1 amide bonds. The average Bonchev–Trinajstić information content (AvgIpc) is 2.58. The van der Waals surface area contributed by atoms with Crippen molar-refractivity contribution in [2.24, 2.45) is 11.3 Å². The molecule has 0 saturated carbocycles. The van der Waals surface area contributed by atoms with Crippen molar-refractivity contribution < 1.29 is 32.2 Å². The van der Waals surface area contributed by atoms with Crippen LogP contribution in [0.5, 0.6) is 0 Å². The Hall–Kier alpha value is -1.93. The lowest BCUT2D eigenvalue weighted by molar-refractivity contribution is -0.304. The Kier molecular flexibility index (Phi) is 6.55. The topological polar surface area (TPSA) is 64.6 Å². The number of hydrogen-bond donors (Lipinski definition) is 1. The monoisotopic (exact) mass is 401 g/mol. The third kappa shape index (κ3) is 5.32. The standard InChI is InChI=1S/C20H26F3NO4/c1-11(6-16(25)12-7-14(22)15(23)8-13(12)21)9-24-18(26)17-19(2,3)10-27-20(4,5)28-17/h7-8,11,17H,6,9-10H2,1-5H3,(H,24,26)/t11-,17+/m1/s1. The van der Waals surface area contributed by atoms with E-state index >= 15 is 0 Å². The Labute approximate surface area is 162 Å². The van der Waals surface area contributed by atoms with Crippen LogP contribution in [0.15, 0.2) is 12.1 Å². The minimum absolute atomic E-state index is 0.133. The molecule has 1 fully saturated rings. The van der Waals surface area contributed by atoms with E-state index in [1.807, 2.05) is 13.8 Å². The van der Waals surface area contributed by atoms with Crippen LogP contribution in [0.25, 0.3) is 0 Å². The van der Waals surface area contributed by atoms with E-state index in [-0.39, 0.29) is 24.8 Å². The molecule has 0 unspecified atom stereocenters. The highest BCUT2D eigenvalue weighted by Gasteiger charge is 2.45. The van der Waals surface area contributed by atoms with E-state index in [0.29, 0.717) is 18.7 Å². The predicted octanol–water partition coefficient (Wildman–Crippen LogP) is 3.61. The van der Waals surface area contributed by atoms with Crippen molar-refractivity contribution in [3.63, 3.8) is 0 Å². The van der Waals surface area contributed by atoms with Crippen LogP contribution >= 0.6 is 0 Å². The van der Waals surface area contributed by atoms with Gasteiger partial charge in [-0.15, -0.1) is 0 Å². The Morgan fingerprint density at radius 2 is 1.75 bits per heavy atom. The van der Waals surface area contributed by atoms with Gasteiger partial charge >= 0.3 is 0 Å². The van der Waals surface area contributed by atoms with Crippen molar-refractivity contribution in [3.8, 4) is 0 Å². The summed E-state index contributed by atoms with van der Waals surface area (Å²) in [5.41, 5.74) is -1.04. The van der Waals surface area contributed by atoms with Crippen LogP contribution < -0.4 is 5.32 Å². The first kappa shape index (κ1) is 22.4. The molecule has 1 saturated heterocycles. The van der Waals surface area contributed by atoms with Gasteiger partial charge in [0.15, 0.2) is 23.2 Å². The zero-order valence-electron chi connectivity index (χ0n) is 16.7. The fourth-order valence-electron chi connectivity index (χ4n) is 2.92. The van der Waals surface area contributed by atoms with Crippen LogP contribution in [0.1, 0.15) is 51.4 Å². The maximum Gasteiger partial charge on any atom is 0.249 e. The highest BCUT2D eigenvalue weighted by molar-refractivity contribution is 5.96. The van der Waals surface area contributed by atoms with Crippen molar-refractivity contribution >= 4 is 11.7 Å². The molecule has 1 aromatic carbocycles. The maximum atomic E-state index is 13.7. The molecule has 5 nitrogen and oxygen atoms in total. The van der Waals surface area contributed by atoms with Crippen molar-refractivity contribution in [2.75, 3.05) is 13.2 Å². The van der Waals surface area contributed by atoms with Gasteiger partial charge in [0, 0.05) is 24.4 Å². The molecule has 156 valence electrons. The number of hydrogen-bond acceptors (Lipinski definition) is 4. The molecular formula is C20H26F3NO4. The second-order valence-corrected chi connectivity index (χ2v) is 8.40. The molecule has 1 aliphatic rings. The van der Waals surface area contributed by atoms with E-state index in [1.54, 1.807) is 20.8 Å². The van der Waals surface area contributed by atoms with Crippen molar-refractivity contribution in [2.45, 2.75) is 52.9 Å². The summed E-state index contributed by atoms with van der Waals surface area (Å²) < 4.78 is 51.3. The summed E-state index contributed by atoms with van der Waals surface area (Å²) in [5, 5.41) is 2.74. The van der Waals surface area contributed by atoms with E-state index in [4.69, 9.17) is 9.47 Å². The maximum absolute atomic E-state index is 13.7. The van der Waals surface area contributed by atoms with Crippen molar-refractivity contribution in [3.05, 3.63) is 35.1 Å². The van der Waals surface area contributed by atoms with Crippen LogP contribution in [0.2, 0.25) is 0 Å². The van der Waals surface area contributed by atoms with Crippen LogP contribution in [-0.2, 0) is 14.3 Å². The van der Waals surface area contributed by atoms with Gasteiger partial charge in [0.2, 0.25) is 5.91 Å². The van der Waals surface area contributed by atoms with Crippen molar-refractivity contribution in [1.82, 2.24) is 5.32 Å². The van der Waals surface area contributed by atoms with Gasteiger partial charge in [-0.25, -0.2) is 13.2 Å². The van der Waals surface area contributed by atoms with Crippen molar-refractivity contribution in [1.29, 1.82) is 0 Å². The zero-order chi connectivity index (χ0) is 21.3. The summed E-state index contributed by atoms with van der Waals surface area (Å²) in [4.78, 5) is 24.8. The lowest BCUT2D eigenvalue weighted by Crippen LogP contribution is -2.56. The van der Waals surface area contributed by atoms with Gasteiger partial charge in [-0.3, -0.25) is 9.59 Å². The second-order valence-electron chi connectivity index (χ2n) is 8.40. The highest BCUT2D eigenvalue weighted by Crippen LogP contribution is 2.34. The molecule has 28 heavy (non-hydrogen) atoms. The number of Topliss-reactive ketones (excluding diaryl/α,β-unsaturated/α-hetero) is 1. The first-order chi connectivity index (χ1) is 12.8. The van der Waals surface area contributed by atoms with E-state index in [1.165, 1.54) is 0 Å². The summed E-state index contributed by atoms with van der Waals surface area (Å²) in [6.07, 6.45) is -0.867. The normalized spacial score (nSPS) is 21.8. The molecule has 0 spiro atoms. The quantitative estimate of drug-likeness (QED) is 0.584. The van der Waals surface area contributed by atoms with Gasteiger partial charge in [0.1, 0.15) is 11.9 Å². The molecule has 8 heteroatoms. The number of benzene rings is 1. The van der Waals surface area contributed by atoms with Gasteiger partial charge in [-0.05, 0) is 25.8 Å². The molecule has 1 heterocycles. The largest absolute Gasteiger partial charge is 0.354 e. The van der Waals surface area contributed by atoms with Crippen LogP contribution in [0.4, 0.5) is 13.2 Å². The third-order valence-electron chi connectivity index (χ3n) is 4.61. The molecule has 1 aliphatic heterocycles. The van der Waals surface area contributed by atoms with E-state index < -0.39 is 46.1 Å². The first-order valence-corrected chi connectivity index (χ1v) is 9.09. The van der Waals surface area contributed by atoms with Crippen LogP contribution in [0, 0.1) is 28.8 Å². The number of carbonyl (C=O) groups excluding carboxylic acids is 2. The van der Waals surface area contributed by atoms with Crippen LogP contribution in [0.3, 0.4) is 0 Å². The Morgan fingerprint density at radius 1 is 1.14 bits per heavy atom. The van der Waals surface area contributed by atoms with E-state index in [0.717, 1.165) is 0 Å². The average molecular weight is 401 g/mol. The molecular weight excluding hydrogens is 375 g/mol. The minimum Gasteiger partial charge on any atom is -0.354 e. The summed E-state index contributed by atoms with van der Waals surface area (Å²) >= 11 is 0. The Morgan fingerprint density at radius 3 is 2.39 bits per heavy atom. The number of ketones is 1. The number of rotatable bonds is 6. The molecule has 1 N–H and O–H groups in total. The lowest BCUT2D eigenvalue weighted by atomic mass is 9.85. The fourth-order valence-corrected chi connectivity index (χ4v) is 2.92. The fraction of sp³-hybridized carbons (Fsp3) is 0.600. The van der Waals surface area contributed by atoms with Gasteiger partial charge in [-0.1, -0.05) is 20.8 Å². The van der Waals surface area contributed by atoms with Gasteiger partial charge < -0.3 is 14.8 Å². The molecule has 0 aromatic heterocycles. The number of amides is 1. The summed E-state index contributed by atoms with van der Waals surface area (Å²) in [6.45, 7) is 9.33. The number of halogens is 3. The first-order valence-electron chi connectivity index (χ1n) is 9.09. The predicted molar refractivity (Wildman–Crippen MR) is 96.1 cm³/mol. The molecule has 1 aromatic rings. The number of ether oxygens (including phenoxy) is 2. The summed E-state index contributed by atoms with van der Waals surface area (Å²) in [5.74, 6) is -5.98. The second kappa shape index (κ2) is 8.21. The molecule has 2 rings (SSSR count). The smallest absolute Gasteiger partial charge is 0.249 e. The van der Waals surface area contributed by atoms with E-state index in [2.05, 4.69) is 5.32 Å². The summed E-state index contributed by atoms with van der Waals surface area (Å²) in [6, 6.07) is 0.903. The molecule has 0 radical (unpaired) electrons. The lowest BCUT2D eigenvalue weighted by Gasteiger charge is -2.44. The Bertz CT molecular complexity index is 764. The number of nitrogens with one attached hydrogen (secondary N) is 1. The minimum atomic E-state index is -1.35. The van der Waals surface area contributed by atoms with Gasteiger partial charge in [0.25, 0.3) is 0 Å². The van der Waals surface area contributed by atoms with Crippen LogP contribution in [-0.4, -0.2) is 36.7 Å². The zero-order valence-corrected chi connectivity index (χ0v) is 16.7. The van der Waals surface area contributed by atoms with E-state index in [9.17, 15) is 22.8 Å². The Balaban J connectivity index is 1.94. The molecule has 0 bridgehead atoms. The molecule has 2 atom stereocenters. The highest BCUT2D eigenvalue weighted by atomic mass is 19.2.